The van der Waals surface area contributed by atoms with Crippen molar-refractivity contribution in [1.29, 1.82) is 5.26 Å². The fourth-order valence-corrected chi connectivity index (χ4v) is 3.00. The molecule has 0 atom stereocenters. The highest BCUT2D eigenvalue weighted by molar-refractivity contribution is 5.58. The van der Waals surface area contributed by atoms with Crippen LogP contribution in [0, 0.1) is 21.4 Å². The van der Waals surface area contributed by atoms with Crippen LogP contribution in [0.3, 0.4) is 0 Å². The number of nitro benzene ring substituents is 1. The van der Waals surface area contributed by atoms with Crippen molar-refractivity contribution < 1.29 is 14.4 Å². The van der Waals surface area contributed by atoms with Crippen LogP contribution in [0.1, 0.15) is 37.7 Å². The first-order valence-corrected chi connectivity index (χ1v) is 6.90. The average molecular weight is 290 g/mol. The number of nitro groups is 1. The summed E-state index contributed by atoms with van der Waals surface area (Å²) in [5.74, 6) is 0.718. The number of methoxy groups -OCH3 is 2. The van der Waals surface area contributed by atoms with Crippen LogP contribution in [0.5, 0.6) is 11.5 Å². The summed E-state index contributed by atoms with van der Waals surface area (Å²) in [5.41, 5.74) is -0.441. The molecule has 1 fully saturated rings. The van der Waals surface area contributed by atoms with Gasteiger partial charge in [-0.25, -0.2) is 0 Å². The van der Waals surface area contributed by atoms with Crippen molar-refractivity contribution in [2.75, 3.05) is 14.2 Å². The molecule has 6 nitrogen and oxygen atoms in total. The predicted molar refractivity (Wildman–Crippen MR) is 76.6 cm³/mol. The van der Waals surface area contributed by atoms with Gasteiger partial charge in [-0.3, -0.25) is 10.1 Å². The van der Waals surface area contributed by atoms with Crippen molar-refractivity contribution in [2.45, 2.75) is 37.5 Å². The molecule has 0 aliphatic heterocycles. The highest BCUT2D eigenvalue weighted by Gasteiger charge is 2.40. The minimum atomic E-state index is -0.805. The molecule has 1 aliphatic rings. The molecule has 1 aromatic rings. The van der Waals surface area contributed by atoms with Gasteiger partial charge < -0.3 is 9.47 Å². The van der Waals surface area contributed by atoms with E-state index < -0.39 is 10.3 Å². The maximum absolute atomic E-state index is 11.4. The standard InChI is InChI=1S/C15H18N2O4/c1-20-13-8-11(12(17(18)19)9-14(13)21-2)15(10-16)6-4-3-5-7-15/h8-9H,3-7H2,1-2H3. The highest BCUT2D eigenvalue weighted by Crippen LogP contribution is 2.46. The summed E-state index contributed by atoms with van der Waals surface area (Å²) < 4.78 is 10.4. The smallest absolute Gasteiger partial charge is 0.278 e. The molecule has 1 aliphatic carbocycles. The molecule has 0 saturated heterocycles. The van der Waals surface area contributed by atoms with Crippen molar-refractivity contribution in [2.24, 2.45) is 0 Å². The van der Waals surface area contributed by atoms with Crippen LogP contribution in [-0.2, 0) is 5.41 Å². The van der Waals surface area contributed by atoms with Crippen molar-refractivity contribution >= 4 is 5.69 Å². The van der Waals surface area contributed by atoms with Gasteiger partial charge in [-0.1, -0.05) is 19.3 Å². The van der Waals surface area contributed by atoms with E-state index in [0.717, 1.165) is 19.3 Å². The molecule has 0 spiro atoms. The van der Waals surface area contributed by atoms with Crippen LogP contribution in [-0.4, -0.2) is 19.1 Å². The monoisotopic (exact) mass is 290 g/mol. The van der Waals surface area contributed by atoms with E-state index in [9.17, 15) is 15.4 Å². The van der Waals surface area contributed by atoms with Gasteiger partial charge in [0.05, 0.1) is 42.3 Å². The molecule has 0 unspecified atom stereocenters. The first-order valence-electron chi connectivity index (χ1n) is 6.90. The van der Waals surface area contributed by atoms with E-state index in [0.29, 0.717) is 29.9 Å². The van der Waals surface area contributed by atoms with Crippen LogP contribution in [0.15, 0.2) is 12.1 Å². The van der Waals surface area contributed by atoms with Gasteiger partial charge in [0.2, 0.25) is 0 Å². The van der Waals surface area contributed by atoms with Gasteiger partial charge in [0.15, 0.2) is 11.5 Å². The number of ether oxygens (including phenoxy) is 2. The normalized spacial score (nSPS) is 16.8. The summed E-state index contributed by atoms with van der Waals surface area (Å²) in [6.45, 7) is 0. The van der Waals surface area contributed by atoms with Crippen LogP contribution < -0.4 is 9.47 Å². The summed E-state index contributed by atoms with van der Waals surface area (Å²) >= 11 is 0. The predicted octanol–water partition coefficient (Wildman–Crippen LogP) is 3.34. The van der Waals surface area contributed by atoms with Gasteiger partial charge in [-0.2, -0.15) is 5.26 Å². The molecule has 6 heteroatoms. The molecule has 0 amide bonds. The Morgan fingerprint density at radius 3 is 2.24 bits per heavy atom. The molecule has 0 radical (unpaired) electrons. The molecular formula is C15H18N2O4. The third-order valence-corrected chi connectivity index (χ3v) is 4.14. The van der Waals surface area contributed by atoms with Gasteiger partial charge in [0, 0.05) is 0 Å². The summed E-state index contributed by atoms with van der Waals surface area (Å²) in [4.78, 5) is 10.9. The number of benzene rings is 1. The quantitative estimate of drug-likeness (QED) is 0.627. The third-order valence-electron chi connectivity index (χ3n) is 4.14. The first kappa shape index (κ1) is 15.1. The number of hydrogen-bond acceptors (Lipinski definition) is 5. The van der Waals surface area contributed by atoms with Crippen molar-refractivity contribution in [1.82, 2.24) is 0 Å². The first-order chi connectivity index (χ1) is 10.1. The van der Waals surface area contributed by atoms with Gasteiger partial charge in [0.25, 0.3) is 5.69 Å². The Hall–Kier alpha value is -2.29. The second-order valence-electron chi connectivity index (χ2n) is 5.24. The second kappa shape index (κ2) is 6.00. The molecule has 0 aromatic heterocycles. The Morgan fingerprint density at radius 1 is 1.19 bits per heavy atom. The van der Waals surface area contributed by atoms with E-state index >= 15 is 0 Å². The zero-order valence-electron chi connectivity index (χ0n) is 12.2. The van der Waals surface area contributed by atoms with Crippen LogP contribution >= 0.6 is 0 Å². The zero-order chi connectivity index (χ0) is 15.5. The van der Waals surface area contributed by atoms with Crippen LogP contribution in [0.4, 0.5) is 5.69 Å². The Balaban J connectivity index is 2.65. The lowest BCUT2D eigenvalue weighted by Crippen LogP contribution is -2.28. The van der Waals surface area contributed by atoms with Crippen LogP contribution in [0.25, 0.3) is 0 Å². The number of nitrogens with zero attached hydrogens (tertiary/aromatic N) is 2. The van der Waals surface area contributed by atoms with Crippen LogP contribution in [0.2, 0.25) is 0 Å². The largest absolute Gasteiger partial charge is 0.493 e. The van der Waals surface area contributed by atoms with E-state index in [2.05, 4.69) is 6.07 Å². The van der Waals surface area contributed by atoms with E-state index in [1.807, 2.05) is 0 Å². The zero-order valence-corrected chi connectivity index (χ0v) is 12.2. The Labute approximate surface area is 123 Å². The van der Waals surface area contributed by atoms with E-state index in [4.69, 9.17) is 9.47 Å². The molecule has 21 heavy (non-hydrogen) atoms. The lowest BCUT2D eigenvalue weighted by molar-refractivity contribution is -0.386. The maximum atomic E-state index is 11.4. The van der Waals surface area contributed by atoms with Crippen molar-refractivity contribution in [3.63, 3.8) is 0 Å². The third kappa shape index (κ3) is 2.64. The molecule has 1 aromatic carbocycles. The van der Waals surface area contributed by atoms with Crippen molar-refractivity contribution in [3.8, 4) is 17.6 Å². The van der Waals surface area contributed by atoms with Gasteiger partial charge >= 0.3 is 0 Å². The van der Waals surface area contributed by atoms with Gasteiger partial charge in [-0.15, -0.1) is 0 Å². The SMILES string of the molecule is COc1cc([N+](=O)[O-])c(C2(C#N)CCCCC2)cc1OC. The van der Waals surface area contributed by atoms with E-state index in [1.165, 1.54) is 20.3 Å². The minimum Gasteiger partial charge on any atom is -0.493 e. The molecule has 1 saturated carbocycles. The second-order valence-corrected chi connectivity index (χ2v) is 5.24. The van der Waals surface area contributed by atoms with Gasteiger partial charge in [0.1, 0.15) is 0 Å². The average Bonchev–Trinajstić information content (AvgIpc) is 2.53. The Morgan fingerprint density at radius 2 is 1.76 bits per heavy atom. The van der Waals surface area contributed by atoms with Gasteiger partial charge in [-0.05, 0) is 18.9 Å². The number of nitriles is 1. The topological polar surface area (TPSA) is 85.4 Å². The Bertz CT molecular complexity index is 586. The minimum absolute atomic E-state index is 0.0731. The summed E-state index contributed by atoms with van der Waals surface area (Å²) in [7, 11) is 2.91. The molecule has 0 heterocycles. The number of rotatable bonds is 4. The fraction of sp³-hybridized carbons (Fsp3) is 0.533. The molecule has 2 rings (SSSR count). The molecule has 0 N–H and O–H groups in total. The van der Waals surface area contributed by atoms with Crippen molar-refractivity contribution in [3.05, 3.63) is 27.8 Å². The van der Waals surface area contributed by atoms with E-state index in [-0.39, 0.29) is 5.69 Å². The Kier molecular flexibility index (Phi) is 4.32. The molecule has 112 valence electrons. The summed E-state index contributed by atoms with van der Waals surface area (Å²) in [6, 6.07) is 5.25. The number of hydrogen-bond donors (Lipinski definition) is 0. The molecule has 0 bridgehead atoms. The van der Waals surface area contributed by atoms with E-state index in [1.54, 1.807) is 6.07 Å². The lowest BCUT2D eigenvalue weighted by Gasteiger charge is -2.31. The lowest BCUT2D eigenvalue weighted by atomic mass is 9.70. The maximum Gasteiger partial charge on any atom is 0.278 e. The summed E-state index contributed by atoms with van der Waals surface area (Å²) in [5, 5.41) is 21.0. The molecular weight excluding hydrogens is 272 g/mol. The highest BCUT2D eigenvalue weighted by atomic mass is 16.6. The fourth-order valence-electron chi connectivity index (χ4n) is 3.00. The summed E-state index contributed by atoms with van der Waals surface area (Å²) in [6.07, 6.45) is 4.14.